The van der Waals surface area contributed by atoms with Gasteiger partial charge in [0.1, 0.15) is 0 Å². The molecule has 0 radical (unpaired) electrons. The van der Waals surface area contributed by atoms with Crippen molar-refractivity contribution in [2.24, 2.45) is 5.92 Å². The highest BCUT2D eigenvalue weighted by atomic mass is 35.5. The average molecular weight is 680 g/mol. The maximum Gasteiger partial charge on any atom is 0.252 e. The van der Waals surface area contributed by atoms with Gasteiger partial charge in [0.15, 0.2) is 0 Å². The first kappa shape index (κ1) is 33.0. The summed E-state index contributed by atoms with van der Waals surface area (Å²) >= 11 is 11.9. The summed E-state index contributed by atoms with van der Waals surface area (Å²) in [7, 11) is 1.59. The number of nitrogens with zero attached hydrogens (tertiary/aromatic N) is 4. The second-order valence-electron chi connectivity index (χ2n) is 11.4. The molecule has 48 heavy (non-hydrogen) atoms. The molecule has 2 amide bonds. The maximum absolute atomic E-state index is 12.3. The number of benzene rings is 2. The fourth-order valence-corrected chi connectivity index (χ4v) is 5.34. The highest BCUT2D eigenvalue weighted by Crippen LogP contribution is 2.30. The third kappa shape index (κ3) is 8.12. The minimum atomic E-state index is -0.180. The van der Waals surface area contributed by atoms with Crippen LogP contribution in [0.4, 0.5) is 0 Å². The van der Waals surface area contributed by atoms with Gasteiger partial charge in [-0.15, -0.1) is 0 Å². The van der Waals surface area contributed by atoms with E-state index < -0.39 is 0 Å². The maximum atomic E-state index is 12.3. The first-order chi connectivity index (χ1) is 23.4. The van der Waals surface area contributed by atoms with Crippen molar-refractivity contribution >= 4 is 56.8 Å². The molecule has 242 valence electrons. The van der Waals surface area contributed by atoms with Crippen LogP contribution in [-0.2, 0) is 4.74 Å². The molecule has 7 rings (SSSR count). The van der Waals surface area contributed by atoms with Crippen LogP contribution in [0.2, 0.25) is 10.0 Å². The number of aromatic nitrogens is 4. The van der Waals surface area contributed by atoms with E-state index in [9.17, 15) is 9.59 Å². The fourth-order valence-electron chi connectivity index (χ4n) is 5.09. The SMILES string of the molecule is COCCNC(=O)c1cnc2cncc(-c3ccc(Cl)cc3)c2c1.O=C(NCC1CC1)c1cnc2cncc(-c3ccc(Cl)cc3)c2c1. The number of fused-ring (bicyclic) bond motifs is 2. The zero-order chi connectivity index (χ0) is 33.5. The van der Waals surface area contributed by atoms with E-state index in [1.807, 2.05) is 60.7 Å². The summed E-state index contributed by atoms with van der Waals surface area (Å²) in [6, 6.07) is 18.8. The molecular weight excluding hydrogens is 647 g/mol. The summed E-state index contributed by atoms with van der Waals surface area (Å²) in [6.45, 7) is 1.66. The van der Waals surface area contributed by atoms with Crippen molar-refractivity contribution < 1.29 is 14.3 Å². The van der Waals surface area contributed by atoms with Crippen LogP contribution in [0.5, 0.6) is 0 Å². The van der Waals surface area contributed by atoms with Gasteiger partial charge in [-0.25, -0.2) is 0 Å². The molecule has 0 unspecified atom stereocenters. The monoisotopic (exact) mass is 678 g/mol. The van der Waals surface area contributed by atoms with Crippen molar-refractivity contribution in [3.8, 4) is 22.3 Å². The third-order valence-electron chi connectivity index (χ3n) is 7.89. The summed E-state index contributed by atoms with van der Waals surface area (Å²) < 4.78 is 4.94. The number of ether oxygens (including phenoxy) is 1. The zero-order valence-electron chi connectivity index (χ0n) is 26.1. The Labute approximate surface area is 287 Å². The number of halogens is 2. The molecule has 1 fully saturated rings. The molecule has 4 aromatic heterocycles. The molecule has 0 spiro atoms. The first-order valence-corrected chi connectivity index (χ1v) is 16.2. The number of nitrogens with one attached hydrogen (secondary N) is 2. The number of amides is 2. The van der Waals surface area contributed by atoms with E-state index in [2.05, 4.69) is 30.6 Å². The van der Waals surface area contributed by atoms with Crippen LogP contribution in [-0.4, -0.2) is 58.6 Å². The van der Waals surface area contributed by atoms with Gasteiger partial charge in [-0.2, -0.15) is 0 Å². The Morgan fingerprint density at radius 1 is 0.708 bits per heavy atom. The molecule has 1 aliphatic carbocycles. The topological polar surface area (TPSA) is 119 Å². The Hall–Kier alpha value is -4.96. The van der Waals surface area contributed by atoms with Gasteiger partial charge in [-0.05, 0) is 66.3 Å². The summed E-state index contributed by atoms with van der Waals surface area (Å²) in [5.41, 5.74) is 6.38. The van der Waals surface area contributed by atoms with E-state index in [0.717, 1.165) is 50.6 Å². The normalized spacial score (nSPS) is 12.3. The lowest BCUT2D eigenvalue weighted by Gasteiger charge is -2.09. The van der Waals surface area contributed by atoms with Crippen molar-refractivity contribution in [2.45, 2.75) is 12.8 Å². The van der Waals surface area contributed by atoms with Crippen molar-refractivity contribution in [3.05, 3.63) is 119 Å². The second kappa shape index (κ2) is 15.3. The largest absolute Gasteiger partial charge is 0.383 e. The molecule has 11 heteroatoms. The minimum absolute atomic E-state index is 0.0739. The predicted molar refractivity (Wildman–Crippen MR) is 189 cm³/mol. The summed E-state index contributed by atoms with van der Waals surface area (Å²) in [5.74, 6) is 0.395. The van der Waals surface area contributed by atoms with Gasteiger partial charge in [0.2, 0.25) is 0 Å². The molecule has 0 saturated heterocycles. The molecule has 0 aliphatic heterocycles. The highest BCUT2D eigenvalue weighted by Gasteiger charge is 2.22. The zero-order valence-corrected chi connectivity index (χ0v) is 27.6. The van der Waals surface area contributed by atoms with Crippen LogP contribution in [0, 0.1) is 5.92 Å². The molecular formula is C37H32Cl2N6O3. The summed E-state index contributed by atoms with van der Waals surface area (Å²) in [4.78, 5) is 41.8. The summed E-state index contributed by atoms with van der Waals surface area (Å²) in [5, 5.41) is 8.91. The molecule has 6 aromatic rings. The number of pyridine rings is 4. The standard InChI is InChI=1S/C19H16ClN3O.C18H16ClN3O2/c20-15-5-3-13(4-6-15)17-10-21-11-18-16(17)7-14(9-22-18)19(24)23-8-12-1-2-12;1-24-7-6-21-18(23)13-8-15-16(10-20-11-17(15)22-9-13)12-2-4-14(19)5-3-12/h3-7,9-12H,1-2,8H2,(H,23,24);2-5,8-11H,6-7H2,1H3,(H,21,23). The van der Waals surface area contributed by atoms with Crippen molar-refractivity contribution in [1.29, 1.82) is 0 Å². The Kier molecular flexibility index (Phi) is 10.5. The molecule has 0 bridgehead atoms. The number of hydrogen-bond acceptors (Lipinski definition) is 7. The number of methoxy groups -OCH3 is 1. The quantitative estimate of drug-likeness (QED) is 0.153. The van der Waals surface area contributed by atoms with Crippen LogP contribution in [0.25, 0.3) is 44.1 Å². The molecule has 0 atom stereocenters. The van der Waals surface area contributed by atoms with E-state index in [-0.39, 0.29) is 11.8 Å². The third-order valence-corrected chi connectivity index (χ3v) is 8.40. The van der Waals surface area contributed by atoms with Crippen molar-refractivity contribution in [1.82, 2.24) is 30.6 Å². The van der Waals surface area contributed by atoms with E-state index in [0.29, 0.717) is 40.2 Å². The Balaban J connectivity index is 0.000000167. The average Bonchev–Trinajstić information content (AvgIpc) is 3.95. The van der Waals surface area contributed by atoms with Crippen LogP contribution in [0.3, 0.4) is 0 Å². The Morgan fingerprint density at radius 3 is 1.65 bits per heavy atom. The van der Waals surface area contributed by atoms with E-state index in [1.165, 1.54) is 12.8 Å². The van der Waals surface area contributed by atoms with Crippen molar-refractivity contribution in [2.75, 3.05) is 26.8 Å². The minimum Gasteiger partial charge on any atom is -0.383 e. The Bertz CT molecular complexity index is 2070. The lowest BCUT2D eigenvalue weighted by Crippen LogP contribution is -2.27. The van der Waals surface area contributed by atoms with Gasteiger partial charge in [-0.1, -0.05) is 47.5 Å². The first-order valence-electron chi connectivity index (χ1n) is 15.4. The number of carbonyl (C=O) groups is 2. The second-order valence-corrected chi connectivity index (χ2v) is 12.2. The molecule has 2 N–H and O–H groups in total. The van der Waals surface area contributed by atoms with Gasteiger partial charge < -0.3 is 15.4 Å². The molecule has 2 aromatic carbocycles. The predicted octanol–water partition coefficient (Wildman–Crippen LogP) is 7.42. The van der Waals surface area contributed by atoms with Gasteiger partial charge in [0, 0.05) is 76.9 Å². The van der Waals surface area contributed by atoms with E-state index >= 15 is 0 Å². The highest BCUT2D eigenvalue weighted by molar-refractivity contribution is 6.31. The van der Waals surface area contributed by atoms with E-state index in [1.54, 1.807) is 44.3 Å². The molecule has 9 nitrogen and oxygen atoms in total. The smallest absolute Gasteiger partial charge is 0.252 e. The number of hydrogen-bond donors (Lipinski definition) is 2. The van der Waals surface area contributed by atoms with Crippen LogP contribution in [0.15, 0.2) is 97.8 Å². The van der Waals surface area contributed by atoms with Gasteiger partial charge in [-0.3, -0.25) is 29.5 Å². The number of carbonyl (C=O) groups excluding carboxylic acids is 2. The molecule has 4 heterocycles. The van der Waals surface area contributed by atoms with Gasteiger partial charge >= 0.3 is 0 Å². The fraction of sp³-hybridized carbons (Fsp3) is 0.189. The number of rotatable bonds is 9. The molecule has 1 aliphatic rings. The molecule has 1 saturated carbocycles. The summed E-state index contributed by atoms with van der Waals surface area (Å²) in [6.07, 6.45) is 12.5. The van der Waals surface area contributed by atoms with Gasteiger partial charge in [0.05, 0.1) is 41.2 Å². The lowest BCUT2D eigenvalue weighted by molar-refractivity contribution is 0.0933. The van der Waals surface area contributed by atoms with Gasteiger partial charge in [0.25, 0.3) is 11.8 Å². The van der Waals surface area contributed by atoms with E-state index in [4.69, 9.17) is 27.9 Å². The van der Waals surface area contributed by atoms with Crippen molar-refractivity contribution in [3.63, 3.8) is 0 Å². The Morgan fingerprint density at radius 2 is 1.19 bits per heavy atom. The van der Waals surface area contributed by atoms with Crippen LogP contribution < -0.4 is 10.6 Å². The van der Waals surface area contributed by atoms with Crippen LogP contribution in [0.1, 0.15) is 33.6 Å². The lowest BCUT2D eigenvalue weighted by atomic mass is 10.0. The van der Waals surface area contributed by atoms with Crippen LogP contribution >= 0.6 is 23.2 Å².